The van der Waals surface area contributed by atoms with Crippen LogP contribution in [0.3, 0.4) is 0 Å². The molecule has 0 aliphatic carbocycles. The van der Waals surface area contributed by atoms with Crippen LogP contribution < -0.4 is 21.8 Å². The molecule has 1 unspecified atom stereocenters. The van der Waals surface area contributed by atoms with Gasteiger partial charge in [-0.15, -0.1) is 0 Å². The van der Waals surface area contributed by atoms with E-state index >= 15 is 0 Å². The molecule has 168 valence electrons. The summed E-state index contributed by atoms with van der Waals surface area (Å²) in [6.45, 7) is 1.84. The van der Waals surface area contributed by atoms with E-state index in [4.69, 9.17) is 20.7 Å². The van der Waals surface area contributed by atoms with Crippen molar-refractivity contribution in [3.8, 4) is 0 Å². The molecule has 7 N–H and O–H groups in total. The monoisotopic (exact) mass is 433 g/mol. The Labute approximate surface area is 179 Å². The highest BCUT2D eigenvalue weighted by Crippen LogP contribution is 2.20. The second-order valence-electron chi connectivity index (χ2n) is 6.86. The standard InChI is InChI=1S/C20H27N5O6/c1-2-3-8-30-20(29)24-16(19(27)28)11-23-17(26)10-14-9-15(25-31-14)12-4-6-13(7-5-12)18(21)22/h4-7,9,14,16,25H,2-3,8,10-11H2,1H3,(H3,21,22)(H,23,26)(H,24,29)(H,27,28)/t14?,16-/m0/s1. The quantitative estimate of drug-likeness (QED) is 0.168. The maximum Gasteiger partial charge on any atom is 0.407 e. The molecule has 11 heteroatoms. The first kappa shape index (κ1) is 23.7. The third-order valence-corrected chi connectivity index (χ3v) is 4.39. The number of unbranched alkanes of at least 4 members (excludes halogenated alkanes) is 1. The van der Waals surface area contributed by atoms with Crippen LogP contribution >= 0.6 is 0 Å². The first-order valence-corrected chi connectivity index (χ1v) is 9.81. The molecule has 0 fully saturated rings. The van der Waals surface area contributed by atoms with Crippen molar-refractivity contribution in [2.24, 2.45) is 5.73 Å². The summed E-state index contributed by atoms with van der Waals surface area (Å²) in [7, 11) is 0. The van der Waals surface area contributed by atoms with E-state index in [9.17, 15) is 19.5 Å². The third-order valence-electron chi connectivity index (χ3n) is 4.39. The number of hydrogen-bond acceptors (Lipinski definition) is 7. The van der Waals surface area contributed by atoms with E-state index in [1.807, 2.05) is 6.92 Å². The molecule has 0 saturated carbocycles. The predicted octanol–water partition coefficient (Wildman–Crippen LogP) is 0.701. The number of carboxylic acid groups (broad SMARTS) is 1. The molecule has 11 nitrogen and oxygen atoms in total. The molecule has 31 heavy (non-hydrogen) atoms. The summed E-state index contributed by atoms with van der Waals surface area (Å²) in [4.78, 5) is 40.5. The van der Waals surface area contributed by atoms with Crippen molar-refractivity contribution in [2.45, 2.75) is 38.3 Å². The van der Waals surface area contributed by atoms with Gasteiger partial charge >= 0.3 is 12.1 Å². The number of nitrogens with one attached hydrogen (secondary N) is 4. The summed E-state index contributed by atoms with van der Waals surface area (Å²) in [6, 6.07) is 5.62. The zero-order chi connectivity index (χ0) is 22.8. The van der Waals surface area contributed by atoms with Crippen LogP contribution in [0.1, 0.15) is 37.3 Å². The molecule has 1 aromatic carbocycles. The van der Waals surface area contributed by atoms with Crippen LogP contribution in [-0.2, 0) is 19.2 Å². The van der Waals surface area contributed by atoms with Gasteiger partial charge in [-0.05, 0) is 18.1 Å². The number of benzene rings is 1. The highest BCUT2D eigenvalue weighted by molar-refractivity contribution is 5.95. The lowest BCUT2D eigenvalue weighted by Gasteiger charge is -2.16. The van der Waals surface area contributed by atoms with E-state index in [1.54, 1.807) is 30.3 Å². The Morgan fingerprint density at radius 2 is 2.03 bits per heavy atom. The van der Waals surface area contributed by atoms with Crippen LogP contribution in [0.4, 0.5) is 4.79 Å². The minimum atomic E-state index is -1.31. The molecular formula is C20H27N5O6. The molecule has 1 aliphatic rings. The molecule has 0 radical (unpaired) electrons. The summed E-state index contributed by atoms with van der Waals surface area (Å²) < 4.78 is 4.87. The van der Waals surface area contributed by atoms with Gasteiger partial charge in [0.15, 0.2) is 0 Å². The minimum Gasteiger partial charge on any atom is -0.480 e. The maximum absolute atomic E-state index is 12.2. The van der Waals surface area contributed by atoms with Gasteiger partial charge in [0, 0.05) is 12.1 Å². The van der Waals surface area contributed by atoms with Gasteiger partial charge in [-0.2, -0.15) is 0 Å². The Bertz CT molecular complexity index is 839. The topological polar surface area (TPSA) is 176 Å². The average Bonchev–Trinajstić information content (AvgIpc) is 3.19. The maximum atomic E-state index is 12.2. The van der Waals surface area contributed by atoms with Crippen LogP contribution in [0.15, 0.2) is 30.3 Å². The fraction of sp³-hybridized carbons (Fsp3) is 0.400. The van der Waals surface area contributed by atoms with Gasteiger partial charge < -0.3 is 26.2 Å². The molecule has 1 aromatic rings. The lowest BCUT2D eigenvalue weighted by atomic mass is 10.1. The van der Waals surface area contributed by atoms with Crippen molar-refractivity contribution in [1.82, 2.24) is 16.1 Å². The smallest absolute Gasteiger partial charge is 0.407 e. The van der Waals surface area contributed by atoms with E-state index in [-0.39, 0.29) is 25.4 Å². The molecule has 0 saturated heterocycles. The average molecular weight is 433 g/mol. The first-order chi connectivity index (χ1) is 14.8. The van der Waals surface area contributed by atoms with Crippen LogP contribution in [0.25, 0.3) is 5.70 Å². The molecular weight excluding hydrogens is 406 g/mol. The van der Waals surface area contributed by atoms with Crippen molar-refractivity contribution in [3.63, 3.8) is 0 Å². The molecule has 0 spiro atoms. The van der Waals surface area contributed by atoms with Crippen molar-refractivity contribution >= 4 is 29.5 Å². The van der Waals surface area contributed by atoms with E-state index in [0.717, 1.165) is 12.0 Å². The van der Waals surface area contributed by atoms with Crippen LogP contribution in [-0.4, -0.2) is 54.2 Å². The number of ether oxygens (including phenoxy) is 1. The number of aliphatic carboxylic acids is 1. The van der Waals surface area contributed by atoms with E-state index in [1.165, 1.54) is 0 Å². The summed E-state index contributed by atoms with van der Waals surface area (Å²) >= 11 is 0. The molecule has 1 aliphatic heterocycles. The minimum absolute atomic E-state index is 0.0333. The number of carboxylic acids is 1. The Morgan fingerprint density at radius 1 is 1.32 bits per heavy atom. The number of nitrogen functional groups attached to an aromatic ring is 1. The summed E-state index contributed by atoms with van der Waals surface area (Å²) in [5.41, 5.74) is 10.2. The largest absolute Gasteiger partial charge is 0.480 e. The molecule has 2 atom stereocenters. The third kappa shape index (κ3) is 7.63. The summed E-state index contributed by atoms with van der Waals surface area (Å²) in [6.07, 6.45) is 1.78. The van der Waals surface area contributed by atoms with Crippen LogP contribution in [0.2, 0.25) is 0 Å². The lowest BCUT2D eigenvalue weighted by molar-refractivity contribution is -0.139. The number of amides is 2. The van der Waals surface area contributed by atoms with Gasteiger partial charge in [0.2, 0.25) is 5.91 Å². The number of hydroxylamine groups is 1. The Hall–Kier alpha value is -3.60. The van der Waals surface area contributed by atoms with Crippen LogP contribution in [0.5, 0.6) is 0 Å². The van der Waals surface area contributed by atoms with Gasteiger partial charge in [0.05, 0.1) is 18.7 Å². The van der Waals surface area contributed by atoms with Crippen molar-refractivity contribution in [2.75, 3.05) is 13.2 Å². The van der Waals surface area contributed by atoms with Crippen LogP contribution in [0, 0.1) is 5.41 Å². The fourth-order valence-electron chi connectivity index (χ4n) is 2.64. The van der Waals surface area contributed by atoms with Gasteiger partial charge in [0.1, 0.15) is 18.0 Å². The van der Waals surface area contributed by atoms with E-state index in [0.29, 0.717) is 17.7 Å². The highest BCUT2D eigenvalue weighted by atomic mass is 16.7. The number of nitrogens with two attached hydrogens (primary N) is 1. The van der Waals surface area contributed by atoms with Gasteiger partial charge in [-0.1, -0.05) is 37.6 Å². The lowest BCUT2D eigenvalue weighted by Crippen LogP contribution is -2.48. The predicted molar refractivity (Wildman–Crippen MR) is 112 cm³/mol. The normalized spacial score (nSPS) is 15.9. The summed E-state index contributed by atoms with van der Waals surface area (Å²) in [5, 5.41) is 21.3. The zero-order valence-electron chi connectivity index (χ0n) is 17.1. The molecule has 0 bridgehead atoms. The van der Waals surface area contributed by atoms with Crippen molar-refractivity contribution in [1.29, 1.82) is 5.41 Å². The second-order valence-corrected chi connectivity index (χ2v) is 6.86. The Morgan fingerprint density at radius 3 is 2.65 bits per heavy atom. The highest BCUT2D eigenvalue weighted by Gasteiger charge is 2.24. The first-order valence-electron chi connectivity index (χ1n) is 9.81. The zero-order valence-corrected chi connectivity index (χ0v) is 17.1. The SMILES string of the molecule is CCCCOC(=O)N[C@@H](CNC(=O)CC1C=C(c2ccc(C(=N)N)cc2)NO1)C(=O)O. The molecule has 0 aromatic heterocycles. The Kier molecular flexibility index (Phi) is 8.82. The Balaban J connectivity index is 1.82. The number of hydrogen-bond donors (Lipinski definition) is 6. The van der Waals surface area contributed by atoms with Crippen molar-refractivity contribution < 1.29 is 29.1 Å². The van der Waals surface area contributed by atoms with Crippen molar-refractivity contribution in [3.05, 3.63) is 41.5 Å². The van der Waals surface area contributed by atoms with E-state index in [2.05, 4.69) is 16.1 Å². The molecule has 2 rings (SSSR count). The number of carbonyl (C=O) groups is 3. The molecule has 2 amide bonds. The summed E-state index contributed by atoms with van der Waals surface area (Å²) in [5.74, 6) is -1.76. The van der Waals surface area contributed by atoms with E-state index < -0.39 is 30.1 Å². The fourth-order valence-corrected chi connectivity index (χ4v) is 2.64. The second kappa shape index (κ2) is 11.6. The van der Waals surface area contributed by atoms with Gasteiger partial charge in [0.25, 0.3) is 0 Å². The number of rotatable bonds is 11. The molecule has 1 heterocycles. The number of alkyl carbamates (subject to hydrolysis) is 1. The number of amidine groups is 1. The number of carbonyl (C=O) groups excluding carboxylic acids is 2. The van der Waals surface area contributed by atoms with Gasteiger partial charge in [-0.25, -0.2) is 9.59 Å². The van der Waals surface area contributed by atoms with Gasteiger partial charge in [-0.3, -0.25) is 20.5 Å².